The van der Waals surface area contributed by atoms with E-state index in [1.807, 2.05) is 30.5 Å². The van der Waals surface area contributed by atoms with Crippen LogP contribution in [-0.2, 0) is 6.54 Å². The van der Waals surface area contributed by atoms with E-state index in [1.54, 1.807) is 18.4 Å². The van der Waals surface area contributed by atoms with Crippen LogP contribution in [0.25, 0.3) is 0 Å². The van der Waals surface area contributed by atoms with Gasteiger partial charge < -0.3 is 10.1 Å². The minimum atomic E-state index is 0.607. The van der Waals surface area contributed by atoms with Gasteiger partial charge in [-0.3, -0.25) is 0 Å². The number of aromatic nitrogens is 1. The molecule has 0 aliphatic heterocycles. The number of halogens is 1. The van der Waals surface area contributed by atoms with Crippen LogP contribution >= 0.6 is 22.9 Å². The summed E-state index contributed by atoms with van der Waals surface area (Å²) in [7, 11) is 1.64. The predicted molar refractivity (Wildman–Crippen MR) is 72.2 cm³/mol. The van der Waals surface area contributed by atoms with E-state index in [0.29, 0.717) is 11.6 Å². The lowest BCUT2D eigenvalue weighted by molar-refractivity contribution is 0.410. The molecule has 2 rings (SSSR count). The van der Waals surface area contributed by atoms with Crippen molar-refractivity contribution in [1.82, 2.24) is 4.98 Å². The maximum atomic E-state index is 6.14. The fourth-order valence-electron chi connectivity index (χ4n) is 1.50. The van der Waals surface area contributed by atoms with E-state index in [0.717, 1.165) is 22.1 Å². The highest BCUT2D eigenvalue weighted by Gasteiger charge is 2.07. The zero-order valence-electron chi connectivity index (χ0n) is 9.66. The lowest BCUT2D eigenvalue weighted by atomic mass is 10.2. The molecule has 1 heterocycles. The van der Waals surface area contributed by atoms with Crippen molar-refractivity contribution in [2.24, 2.45) is 0 Å². The Kier molecular flexibility index (Phi) is 3.86. The molecule has 0 atom stereocenters. The Morgan fingerprint density at radius 2 is 2.29 bits per heavy atom. The molecule has 0 unspecified atom stereocenters. The van der Waals surface area contributed by atoms with Gasteiger partial charge in [0.05, 0.1) is 12.8 Å². The Balaban J connectivity index is 2.13. The van der Waals surface area contributed by atoms with E-state index in [9.17, 15) is 0 Å². The number of thiazole rings is 1. The number of rotatable bonds is 4. The second-order valence-electron chi connectivity index (χ2n) is 3.57. The zero-order valence-corrected chi connectivity index (χ0v) is 11.2. The van der Waals surface area contributed by atoms with Crippen LogP contribution in [0.1, 0.15) is 11.3 Å². The molecule has 3 nitrogen and oxygen atoms in total. The summed E-state index contributed by atoms with van der Waals surface area (Å²) in [6, 6.07) is 5.63. The number of nitrogens with zero attached hydrogens (tertiary/aromatic N) is 1. The molecule has 1 aromatic heterocycles. The van der Waals surface area contributed by atoms with E-state index in [-0.39, 0.29) is 0 Å². The van der Waals surface area contributed by atoms with E-state index in [2.05, 4.69) is 10.3 Å². The highest BCUT2D eigenvalue weighted by molar-refractivity contribution is 7.13. The van der Waals surface area contributed by atoms with Crippen molar-refractivity contribution >= 4 is 28.1 Å². The number of benzene rings is 1. The summed E-state index contributed by atoms with van der Waals surface area (Å²) in [4.78, 5) is 4.33. The van der Waals surface area contributed by atoms with Crippen molar-refractivity contribution in [1.29, 1.82) is 0 Å². The summed E-state index contributed by atoms with van der Waals surface area (Å²) in [6.07, 6.45) is 0. The maximum absolute atomic E-state index is 6.14. The third-order valence-corrected chi connectivity index (χ3v) is 3.60. The molecular weight excluding hydrogens is 256 g/mol. The molecule has 1 aromatic carbocycles. The summed E-state index contributed by atoms with van der Waals surface area (Å²) < 4.78 is 5.28. The fraction of sp³-hybridized carbons (Fsp3) is 0.250. The first kappa shape index (κ1) is 12.2. The molecule has 0 bridgehead atoms. The monoisotopic (exact) mass is 268 g/mol. The lowest BCUT2D eigenvalue weighted by Gasteiger charge is -2.10. The van der Waals surface area contributed by atoms with E-state index >= 15 is 0 Å². The van der Waals surface area contributed by atoms with Gasteiger partial charge in [-0.25, -0.2) is 4.98 Å². The fourth-order valence-corrected chi connectivity index (χ4v) is 2.42. The summed E-state index contributed by atoms with van der Waals surface area (Å²) in [6.45, 7) is 2.58. The normalized spacial score (nSPS) is 10.3. The van der Waals surface area contributed by atoms with Gasteiger partial charge in [0.25, 0.3) is 0 Å². The number of ether oxygens (including phenoxy) is 1. The molecule has 2 aromatic rings. The third-order valence-electron chi connectivity index (χ3n) is 2.33. The van der Waals surface area contributed by atoms with Crippen molar-refractivity contribution in [3.63, 3.8) is 0 Å². The van der Waals surface area contributed by atoms with Crippen LogP contribution in [0.4, 0.5) is 5.13 Å². The third kappa shape index (κ3) is 2.90. The SMILES string of the molecule is COc1cccc(Cl)c1CNc1nc(C)cs1. The number of aryl methyl sites for hydroxylation is 1. The Morgan fingerprint density at radius 3 is 2.94 bits per heavy atom. The minimum Gasteiger partial charge on any atom is -0.496 e. The van der Waals surface area contributed by atoms with Gasteiger partial charge in [0.15, 0.2) is 5.13 Å². The molecular formula is C12H13ClN2OS. The van der Waals surface area contributed by atoms with Crippen LogP contribution in [0.5, 0.6) is 5.75 Å². The Bertz CT molecular complexity index is 513. The second-order valence-corrected chi connectivity index (χ2v) is 4.83. The molecule has 0 spiro atoms. The molecule has 0 radical (unpaired) electrons. The quantitative estimate of drug-likeness (QED) is 0.918. The van der Waals surface area contributed by atoms with E-state index in [4.69, 9.17) is 16.3 Å². The minimum absolute atomic E-state index is 0.607. The molecule has 17 heavy (non-hydrogen) atoms. The van der Waals surface area contributed by atoms with Crippen LogP contribution in [0, 0.1) is 6.92 Å². The Morgan fingerprint density at radius 1 is 1.47 bits per heavy atom. The molecule has 0 aliphatic carbocycles. The van der Waals surface area contributed by atoms with Gasteiger partial charge in [0, 0.05) is 22.5 Å². The molecule has 0 amide bonds. The van der Waals surface area contributed by atoms with Crippen LogP contribution in [0.15, 0.2) is 23.6 Å². The van der Waals surface area contributed by atoms with Crippen molar-refractivity contribution in [3.05, 3.63) is 39.9 Å². The van der Waals surface area contributed by atoms with Gasteiger partial charge in [-0.05, 0) is 19.1 Å². The molecule has 90 valence electrons. The van der Waals surface area contributed by atoms with Crippen molar-refractivity contribution < 1.29 is 4.74 Å². The van der Waals surface area contributed by atoms with Gasteiger partial charge >= 0.3 is 0 Å². The van der Waals surface area contributed by atoms with Crippen molar-refractivity contribution in [3.8, 4) is 5.75 Å². The van der Waals surface area contributed by atoms with Crippen molar-refractivity contribution in [2.45, 2.75) is 13.5 Å². The molecule has 1 N–H and O–H groups in total. The Labute approximate surface area is 109 Å². The van der Waals surface area contributed by atoms with Gasteiger partial charge in [-0.2, -0.15) is 0 Å². The van der Waals surface area contributed by atoms with Crippen LogP contribution in [-0.4, -0.2) is 12.1 Å². The van der Waals surface area contributed by atoms with Crippen LogP contribution in [0.2, 0.25) is 5.02 Å². The summed E-state index contributed by atoms with van der Waals surface area (Å²) in [5.41, 5.74) is 1.97. The first-order valence-electron chi connectivity index (χ1n) is 5.18. The van der Waals surface area contributed by atoms with E-state index < -0.39 is 0 Å². The number of hydrogen-bond acceptors (Lipinski definition) is 4. The summed E-state index contributed by atoms with van der Waals surface area (Å²) >= 11 is 7.72. The lowest BCUT2D eigenvalue weighted by Crippen LogP contribution is -2.02. The predicted octanol–water partition coefficient (Wildman–Crippen LogP) is 3.73. The first-order valence-corrected chi connectivity index (χ1v) is 6.44. The standard InChI is InChI=1S/C12H13ClN2OS/c1-8-7-17-12(15-8)14-6-9-10(13)4-3-5-11(9)16-2/h3-5,7H,6H2,1-2H3,(H,14,15). The molecule has 5 heteroatoms. The average molecular weight is 269 g/mol. The number of hydrogen-bond donors (Lipinski definition) is 1. The highest BCUT2D eigenvalue weighted by atomic mass is 35.5. The van der Waals surface area contributed by atoms with Gasteiger partial charge in [0.2, 0.25) is 0 Å². The van der Waals surface area contributed by atoms with E-state index in [1.165, 1.54) is 0 Å². The molecule has 0 saturated heterocycles. The van der Waals surface area contributed by atoms with Crippen LogP contribution in [0.3, 0.4) is 0 Å². The molecule has 0 fully saturated rings. The summed E-state index contributed by atoms with van der Waals surface area (Å²) in [5.74, 6) is 0.790. The summed E-state index contributed by atoms with van der Waals surface area (Å²) in [5, 5.41) is 6.84. The largest absolute Gasteiger partial charge is 0.496 e. The first-order chi connectivity index (χ1) is 8.20. The second kappa shape index (κ2) is 5.38. The topological polar surface area (TPSA) is 34.1 Å². The number of methoxy groups -OCH3 is 1. The molecule has 0 aliphatic rings. The van der Waals surface area contributed by atoms with Gasteiger partial charge in [-0.1, -0.05) is 17.7 Å². The highest BCUT2D eigenvalue weighted by Crippen LogP contribution is 2.27. The Hall–Kier alpha value is -1.26. The van der Waals surface area contributed by atoms with Crippen molar-refractivity contribution in [2.75, 3.05) is 12.4 Å². The maximum Gasteiger partial charge on any atom is 0.183 e. The smallest absolute Gasteiger partial charge is 0.183 e. The zero-order chi connectivity index (χ0) is 12.3. The number of nitrogens with one attached hydrogen (secondary N) is 1. The van der Waals surface area contributed by atoms with Gasteiger partial charge in [0.1, 0.15) is 5.75 Å². The van der Waals surface area contributed by atoms with Gasteiger partial charge in [-0.15, -0.1) is 11.3 Å². The average Bonchev–Trinajstić information content (AvgIpc) is 2.73. The number of anilines is 1. The van der Waals surface area contributed by atoms with Crippen LogP contribution < -0.4 is 10.1 Å². The molecule has 0 saturated carbocycles.